The van der Waals surface area contributed by atoms with Crippen molar-refractivity contribution < 1.29 is 13.9 Å². The summed E-state index contributed by atoms with van der Waals surface area (Å²) in [6, 6.07) is 11.5. The maximum absolute atomic E-state index is 13.7. The van der Waals surface area contributed by atoms with E-state index in [0.717, 1.165) is 5.56 Å². The summed E-state index contributed by atoms with van der Waals surface area (Å²) in [6.07, 6.45) is 0.183. The van der Waals surface area contributed by atoms with E-state index in [1.807, 2.05) is 12.1 Å². The highest BCUT2D eigenvalue weighted by molar-refractivity contribution is 6.31. The first kappa shape index (κ1) is 16.3. The van der Waals surface area contributed by atoms with Gasteiger partial charge in [0.25, 0.3) is 0 Å². The molecule has 1 amide bonds. The Morgan fingerprint density at radius 3 is 2.68 bits per heavy atom. The third kappa shape index (κ3) is 3.98. The van der Waals surface area contributed by atoms with Crippen molar-refractivity contribution in [3.63, 3.8) is 0 Å². The van der Waals surface area contributed by atoms with Crippen LogP contribution in [0.1, 0.15) is 24.1 Å². The second-order valence-electron chi connectivity index (χ2n) is 4.95. The summed E-state index contributed by atoms with van der Waals surface area (Å²) in [7, 11) is 1.41. The van der Waals surface area contributed by atoms with Crippen molar-refractivity contribution >= 4 is 17.5 Å². The van der Waals surface area contributed by atoms with Gasteiger partial charge < -0.3 is 10.1 Å². The Hall–Kier alpha value is -2.07. The molecule has 0 spiro atoms. The van der Waals surface area contributed by atoms with Crippen molar-refractivity contribution in [2.45, 2.75) is 19.4 Å². The first-order valence-electron chi connectivity index (χ1n) is 6.87. The van der Waals surface area contributed by atoms with E-state index in [4.69, 9.17) is 16.3 Å². The van der Waals surface area contributed by atoms with Gasteiger partial charge in [-0.2, -0.15) is 0 Å². The van der Waals surface area contributed by atoms with Gasteiger partial charge in [-0.05, 0) is 36.2 Å². The molecular weight excluding hydrogens is 305 g/mol. The van der Waals surface area contributed by atoms with Crippen LogP contribution in [0.25, 0.3) is 0 Å². The monoisotopic (exact) mass is 321 g/mol. The minimum absolute atomic E-state index is 0.170. The van der Waals surface area contributed by atoms with E-state index in [2.05, 4.69) is 5.32 Å². The number of carbonyl (C=O) groups excluding carboxylic acids is 1. The lowest BCUT2D eigenvalue weighted by Gasteiger charge is -2.15. The van der Waals surface area contributed by atoms with Gasteiger partial charge in [-0.25, -0.2) is 4.39 Å². The minimum atomic E-state index is -0.452. The molecule has 0 aliphatic heterocycles. The van der Waals surface area contributed by atoms with Gasteiger partial charge >= 0.3 is 0 Å². The number of hydrogen-bond acceptors (Lipinski definition) is 2. The van der Waals surface area contributed by atoms with Gasteiger partial charge in [-0.1, -0.05) is 35.9 Å². The third-order valence-corrected chi connectivity index (χ3v) is 3.73. The molecule has 0 saturated carbocycles. The van der Waals surface area contributed by atoms with Crippen LogP contribution >= 0.6 is 11.6 Å². The molecule has 1 N–H and O–H groups in total. The van der Waals surface area contributed by atoms with Crippen LogP contribution in [-0.4, -0.2) is 13.0 Å². The summed E-state index contributed by atoms with van der Waals surface area (Å²) < 4.78 is 18.6. The first-order chi connectivity index (χ1) is 10.5. The number of ether oxygens (including phenoxy) is 1. The highest BCUT2D eigenvalue weighted by atomic mass is 35.5. The summed E-state index contributed by atoms with van der Waals surface area (Å²) in [4.78, 5) is 12.1. The van der Waals surface area contributed by atoms with Crippen LogP contribution in [0, 0.1) is 5.82 Å². The Bertz CT molecular complexity index is 675. The Balaban J connectivity index is 2.02. The topological polar surface area (TPSA) is 38.3 Å². The lowest BCUT2D eigenvalue weighted by molar-refractivity contribution is -0.121. The van der Waals surface area contributed by atoms with E-state index in [1.165, 1.54) is 13.2 Å². The molecule has 1 atom stereocenters. The molecule has 116 valence electrons. The summed E-state index contributed by atoms with van der Waals surface area (Å²) >= 11 is 6.03. The molecule has 22 heavy (non-hydrogen) atoms. The highest BCUT2D eigenvalue weighted by Gasteiger charge is 2.13. The number of amides is 1. The van der Waals surface area contributed by atoms with E-state index in [1.54, 1.807) is 31.2 Å². The molecule has 0 aliphatic rings. The van der Waals surface area contributed by atoms with E-state index < -0.39 is 5.82 Å². The number of carbonyl (C=O) groups is 1. The Morgan fingerprint density at radius 2 is 2.05 bits per heavy atom. The molecule has 0 aliphatic carbocycles. The summed E-state index contributed by atoms with van der Waals surface area (Å²) in [5, 5.41) is 3.39. The lowest BCUT2D eigenvalue weighted by atomic mass is 10.1. The minimum Gasteiger partial charge on any atom is -0.494 e. The number of hydrogen-bond donors (Lipinski definition) is 1. The second kappa shape index (κ2) is 7.27. The van der Waals surface area contributed by atoms with Crippen molar-refractivity contribution in [2.24, 2.45) is 0 Å². The van der Waals surface area contributed by atoms with Crippen LogP contribution < -0.4 is 10.1 Å². The number of rotatable bonds is 5. The molecule has 2 rings (SSSR count). The predicted octanol–water partition coefficient (Wildman–Crippen LogP) is 3.91. The first-order valence-corrected chi connectivity index (χ1v) is 7.25. The smallest absolute Gasteiger partial charge is 0.224 e. The van der Waals surface area contributed by atoms with E-state index in [9.17, 15) is 9.18 Å². The number of nitrogens with one attached hydrogen (secondary N) is 1. The SMILES string of the molecule is COc1ccc([C@H](C)NC(=O)Cc2ccccc2Cl)cc1F. The molecule has 2 aromatic carbocycles. The van der Waals surface area contributed by atoms with Crippen molar-refractivity contribution in [1.82, 2.24) is 5.32 Å². The van der Waals surface area contributed by atoms with Crippen LogP contribution in [0.2, 0.25) is 5.02 Å². The molecule has 5 heteroatoms. The number of methoxy groups -OCH3 is 1. The van der Waals surface area contributed by atoms with Gasteiger partial charge in [0.15, 0.2) is 11.6 Å². The molecule has 0 bridgehead atoms. The van der Waals surface area contributed by atoms with Crippen LogP contribution in [0.4, 0.5) is 4.39 Å². The Morgan fingerprint density at radius 1 is 1.32 bits per heavy atom. The second-order valence-corrected chi connectivity index (χ2v) is 5.36. The maximum atomic E-state index is 13.7. The van der Waals surface area contributed by atoms with Crippen molar-refractivity contribution in [3.8, 4) is 5.75 Å². The average Bonchev–Trinajstić information content (AvgIpc) is 2.49. The largest absolute Gasteiger partial charge is 0.494 e. The van der Waals surface area contributed by atoms with Gasteiger partial charge in [0.05, 0.1) is 19.6 Å². The fourth-order valence-electron chi connectivity index (χ4n) is 2.14. The summed E-state index contributed by atoms with van der Waals surface area (Å²) in [5.74, 6) is -0.442. The zero-order valence-corrected chi connectivity index (χ0v) is 13.2. The fourth-order valence-corrected chi connectivity index (χ4v) is 2.35. The molecule has 0 aromatic heterocycles. The maximum Gasteiger partial charge on any atom is 0.224 e. The molecular formula is C17H17ClFNO2. The third-order valence-electron chi connectivity index (χ3n) is 3.36. The molecule has 0 saturated heterocycles. The molecule has 0 unspecified atom stereocenters. The zero-order chi connectivity index (χ0) is 16.1. The molecule has 0 heterocycles. The molecule has 0 radical (unpaired) electrons. The van der Waals surface area contributed by atoms with Crippen LogP contribution in [0.3, 0.4) is 0 Å². The van der Waals surface area contributed by atoms with Crippen molar-refractivity contribution in [1.29, 1.82) is 0 Å². The molecule has 2 aromatic rings. The lowest BCUT2D eigenvalue weighted by Crippen LogP contribution is -2.28. The van der Waals surface area contributed by atoms with Crippen molar-refractivity contribution in [2.75, 3.05) is 7.11 Å². The van der Waals surface area contributed by atoms with Gasteiger partial charge in [-0.3, -0.25) is 4.79 Å². The van der Waals surface area contributed by atoms with Gasteiger partial charge in [0.2, 0.25) is 5.91 Å². The van der Waals surface area contributed by atoms with Gasteiger partial charge in [-0.15, -0.1) is 0 Å². The Kier molecular flexibility index (Phi) is 5.39. The molecule has 3 nitrogen and oxygen atoms in total. The highest BCUT2D eigenvalue weighted by Crippen LogP contribution is 2.22. The number of halogens is 2. The van der Waals surface area contributed by atoms with Crippen LogP contribution in [0.5, 0.6) is 5.75 Å². The van der Waals surface area contributed by atoms with Gasteiger partial charge in [0, 0.05) is 5.02 Å². The van der Waals surface area contributed by atoms with E-state index in [0.29, 0.717) is 10.6 Å². The Labute approximate surface area is 134 Å². The standard InChI is InChI=1S/C17H17ClFNO2/c1-11(12-7-8-16(22-2)15(19)9-12)20-17(21)10-13-5-3-4-6-14(13)18/h3-9,11H,10H2,1-2H3,(H,20,21)/t11-/m0/s1. The average molecular weight is 322 g/mol. The summed E-state index contributed by atoms with van der Waals surface area (Å²) in [5.41, 5.74) is 1.43. The van der Waals surface area contributed by atoms with Crippen LogP contribution in [-0.2, 0) is 11.2 Å². The zero-order valence-electron chi connectivity index (χ0n) is 12.4. The fraction of sp³-hybridized carbons (Fsp3) is 0.235. The predicted molar refractivity (Wildman–Crippen MR) is 84.7 cm³/mol. The number of benzene rings is 2. The van der Waals surface area contributed by atoms with Crippen LogP contribution in [0.15, 0.2) is 42.5 Å². The summed E-state index contributed by atoms with van der Waals surface area (Å²) in [6.45, 7) is 1.80. The quantitative estimate of drug-likeness (QED) is 0.906. The van der Waals surface area contributed by atoms with E-state index >= 15 is 0 Å². The van der Waals surface area contributed by atoms with Crippen molar-refractivity contribution in [3.05, 3.63) is 64.4 Å². The van der Waals surface area contributed by atoms with Gasteiger partial charge in [0.1, 0.15) is 0 Å². The van der Waals surface area contributed by atoms with E-state index in [-0.39, 0.29) is 24.1 Å². The normalized spacial score (nSPS) is 11.8. The molecule has 0 fully saturated rings.